The van der Waals surface area contributed by atoms with Gasteiger partial charge in [0.1, 0.15) is 6.61 Å². The summed E-state index contributed by atoms with van der Waals surface area (Å²) in [5.41, 5.74) is -0.113. The molecular weight excluding hydrogens is 140 g/mol. The molecule has 2 aliphatic rings. The molecule has 0 aromatic carbocycles. The van der Waals surface area contributed by atoms with E-state index in [0.717, 1.165) is 12.8 Å². The van der Waals surface area contributed by atoms with Crippen molar-refractivity contribution in [2.45, 2.75) is 38.7 Å². The number of carbonyl (C=O) groups is 1. The summed E-state index contributed by atoms with van der Waals surface area (Å²) >= 11 is 0. The minimum atomic E-state index is -0.113. The van der Waals surface area contributed by atoms with Gasteiger partial charge in [0.15, 0.2) is 5.78 Å². The predicted octanol–water partition coefficient (Wildman–Crippen LogP) is 1.53. The monoisotopic (exact) mass is 154 g/mol. The van der Waals surface area contributed by atoms with Gasteiger partial charge >= 0.3 is 0 Å². The Kier molecular flexibility index (Phi) is 1.53. The molecule has 2 atom stereocenters. The van der Waals surface area contributed by atoms with Crippen LogP contribution in [0.5, 0.6) is 0 Å². The van der Waals surface area contributed by atoms with Crippen LogP contribution in [0.15, 0.2) is 0 Å². The average Bonchev–Trinajstić information content (AvgIpc) is 2.29. The molecule has 0 aromatic rings. The van der Waals surface area contributed by atoms with Crippen LogP contribution >= 0.6 is 0 Å². The zero-order valence-electron chi connectivity index (χ0n) is 6.93. The minimum absolute atomic E-state index is 0.113. The van der Waals surface area contributed by atoms with Crippen LogP contribution in [0.1, 0.15) is 32.6 Å². The van der Waals surface area contributed by atoms with Gasteiger partial charge in [-0.15, -0.1) is 0 Å². The molecule has 1 heterocycles. The van der Waals surface area contributed by atoms with Crippen molar-refractivity contribution in [3.63, 3.8) is 0 Å². The highest BCUT2D eigenvalue weighted by atomic mass is 16.5. The van der Waals surface area contributed by atoms with E-state index < -0.39 is 0 Å². The summed E-state index contributed by atoms with van der Waals surface area (Å²) in [6.45, 7) is 2.42. The fourth-order valence-corrected chi connectivity index (χ4v) is 2.23. The van der Waals surface area contributed by atoms with Crippen molar-refractivity contribution >= 4 is 5.78 Å². The van der Waals surface area contributed by atoms with Crippen LogP contribution in [0.4, 0.5) is 0 Å². The van der Waals surface area contributed by atoms with Crippen molar-refractivity contribution in [3.8, 4) is 0 Å². The molecule has 0 N–H and O–H groups in total. The van der Waals surface area contributed by atoms with Crippen molar-refractivity contribution in [1.29, 1.82) is 0 Å². The van der Waals surface area contributed by atoms with Gasteiger partial charge in [-0.05, 0) is 12.8 Å². The Morgan fingerprint density at radius 3 is 3.09 bits per heavy atom. The van der Waals surface area contributed by atoms with Crippen LogP contribution in [0, 0.1) is 5.41 Å². The SMILES string of the molecule is CC12CCCCC1OCC2=O. The Balaban J connectivity index is 2.23. The van der Waals surface area contributed by atoms with Crippen LogP contribution in [-0.2, 0) is 9.53 Å². The average molecular weight is 154 g/mol. The summed E-state index contributed by atoms with van der Waals surface area (Å²) < 4.78 is 5.42. The van der Waals surface area contributed by atoms with E-state index in [-0.39, 0.29) is 11.5 Å². The number of carbonyl (C=O) groups excluding carboxylic acids is 1. The lowest BCUT2D eigenvalue weighted by atomic mass is 9.72. The van der Waals surface area contributed by atoms with E-state index in [1.54, 1.807) is 0 Å². The Morgan fingerprint density at radius 1 is 1.55 bits per heavy atom. The molecule has 2 rings (SSSR count). The second-order valence-corrected chi connectivity index (χ2v) is 3.89. The smallest absolute Gasteiger partial charge is 0.166 e. The third-order valence-corrected chi connectivity index (χ3v) is 3.18. The van der Waals surface area contributed by atoms with E-state index in [0.29, 0.717) is 12.4 Å². The maximum absolute atomic E-state index is 11.4. The quantitative estimate of drug-likeness (QED) is 0.529. The highest BCUT2D eigenvalue weighted by molar-refractivity contribution is 5.88. The summed E-state index contributed by atoms with van der Waals surface area (Å²) in [5.74, 6) is 0.321. The maximum atomic E-state index is 11.4. The first-order chi connectivity index (χ1) is 5.23. The third kappa shape index (κ3) is 0.924. The Morgan fingerprint density at radius 2 is 2.36 bits per heavy atom. The predicted molar refractivity (Wildman–Crippen MR) is 41.3 cm³/mol. The molecule has 2 unspecified atom stereocenters. The van der Waals surface area contributed by atoms with E-state index in [2.05, 4.69) is 6.92 Å². The zero-order valence-corrected chi connectivity index (χ0v) is 6.93. The largest absolute Gasteiger partial charge is 0.369 e. The molecule has 1 saturated heterocycles. The topological polar surface area (TPSA) is 26.3 Å². The van der Waals surface area contributed by atoms with E-state index in [4.69, 9.17) is 4.74 Å². The van der Waals surface area contributed by atoms with Gasteiger partial charge in [-0.25, -0.2) is 0 Å². The van der Waals surface area contributed by atoms with Gasteiger partial charge in [0, 0.05) is 0 Å². The first-order valence-corrected chi connectivity index (χ1v) is 4.38. The molecule has 1 saturated carbocycles. The van der Waals surface area contributed by atoms with Crippen molar-refractivity contribution in [2.75, 3.05) is 6.61 Å². The van der Waals surface area contributed by atoms with Crippen molar-refractivity contribution in [1.82, 2.24) is 0 Å². The van der Waals surface area contributed by atoms with Gasteiger partial charge in [-0.2, -0.15) is 0 Å². The molecule has 11 heavy (non-hydrogen) atoms. The highest BCUT2D eigenvalue weighted by Gasteiger charge is 2.47. The van der Waals surface area contributed by atoms with Crippen LogP contribution in [-0.4, -0.2) is 18.5 Å². The van der Waals surface area contributed by atoms with Crippen molar-refractivity contribution in [2.24, 2.45) is 5.41 Å². The standard InChI is InChI=1S/C9H14O2/c1-9-5-3-2-4-8(9)11-6-7(9)10/h8H,2-6H2,1H3. The highest BCUT2D eigenvalue weighted by Crippen LogP contribution is 2.42. The fraction of sp³-hybridized carbons (Fsp3) is 0.889. The molecule has 2 fully saturated rings. The van der Waals surface area contributed by atoms with Gasteiger partial charge in [-0.1, -0.05) is 19.8 Å². The van der Waals surface area contributed by atoms with Crippen LogP contribution in [0.2, 0.25) is 0 Å². The number of Topliss-reactive ketones (excluding diaryl/α,β-unsaturated/α-hetero) is 1. The molecule has 0 amide bonds. The van der Waals surface area contributed by atoms with Crippen molar-refractivity contribution < 1.29 is 9.53 Å². The number of hydrogen-bond donors (Lipinski definition) is 0. The maximum Gasteiger partial charge on any atom is 0.166 e. The van der Waals surface area contributed by atoms with Gasteiger partial charge in [0.25, 0.3) is 0 Å². The van der Waals surface area contributed by atoms with E-state index in [1.807, 2.05) is 0 Å². The second-order valence-electron chi connectivity index (χ2n) is 3.89. The molecule has 2 heteroatoms. The molecule has 2 nitrogen and oxygen atoms in total. The van der Waals surface area contributed by atoms with Gasteiger partial charge < -0.3 is 4.74 Å². The van der Waals surface area contributed by atoms with E-state index in [1.165, 1.54) is 12.8 Å². The summed E-state index contributed by atoms with van der Waals surface area (Å²) in [5, 5.41) is 0. The molecule has 0 radical (unpaired) electrons. The third-order valence-electron chi connectivity index (χ3n) is 3.18. The molecule has 0 aromatic heterocycles. The molecular formula is C9H14O2. The Labute approximate surface area is 66.9 Å². The normalized spacial score (nSPS) is 44.1. The lowest BCUT2D eigenvalue weighted by molar-refractivity contribution is -0.125. The van der Waals surface area contributed by atoms with Crippen LogP contribution < -0.4 is 0 Å². The van der Waals surface area contributed by atoms with Crippen molar-refractivity contribution in [3.05, 3.63) is 0 Å². The van der Waals surface area contributed by atoms with E-state index in [9.17, 15) is 4.79 Å². The first-order valence-electron chi connectivity index (χ1n) is 4.38. The molecule has 62 valence electrons. The minimum Gasteiger partial charge on any atom is -0.369 e. The number of rotatable bonds is 0. The first kappa shape index (κ1) is 7.29. The summed E-state index contributed by atoms with van der Waals surface area (Å²) in [6, 6.07) is 0. The van der Waals surface area contributed by atoms with Gasteiger partial charge in [0.05, 0.1) is 11.5 Å². The molecule has 0 spiro atoms. The fourth-order valence-electron chi connectivity index (χ4n) is 2.23. The number of ketones is 1. The summed E-state index contributed by atoms with van der Waals surface area (Å²) in [4.78, 5) is 11.4. The number of hydrogen-bond acceptors (Lipinski definition) is 2. The second kappa shape index (κ2) is 2.31. The van der Waals surface area contributed by atoms with Gasteiger partial charge in [0.2, 0.25) is 0 Å². The molecule has 0 bridgehead atoms. The van der Waals surface area contributed by atoms with Crippen LogP contribution in [0.3, 0.4) is 0 Å². The summed E-state index contributed by atoms with van der Waals surface area (Å²) in [7, 11) is 0. The number of ether oxygens (including phenoxy) is 1. The number of fused-ring (bicyclic) bond motifs is 1. The van der Waals surface area contributed by atoms with E-state index >= 15 is 0 Å². The lowest BCUT2D eigenvalue weighted by Gasteiger charge is -2.32. The zero-order chi connectivity index (χ0) is 7.90. The molecule has 1 aliphatic heterocycles. The summed E-state index contributed by atoms with van der Waals surface area (Å²) in [6.07, 6.45) is 4.79. The van der Waals surface area contributed by atoms with Gasteiger partial charge in [-0.3, -0.25) is 4.79 Å². The lowest BCUT2D eigenvalue weighted by Crippen LogP contribution is -2.36. The Hall–Kier alpha value is -0.370. The Bertz CT molecular complexity index is 188. The molecule has 1 aliphatic carbocycles. The van der Waals surface area contributed by atoms with Crippen LogP contribution in [0.25, 0.3) is 0 Å².